The molecule has 2 heterocycles. The maximum Gasteiger partial charge on any atom is 0.265 e. The Hall–Kier alpha value is -1.53. The van der Waals surface area contributed by atoms with Gasteiger partial charge in [0.15, 0.2) is 0 Å². The van der Waals surface area contributed by atoms with Crippen LogP contribution < -0.4 is 4.31 Å². The number of hydrogen-bond acceptors (Lipinski definition) is 3. The first-order valence-corrected chi connectivity index (χ1v) is 8.53. The SMILES string of the molecule is Cc1cc(Cl)ccc1S(=O)(=O)N1CCCc2cnn(C)c21. The van der Waals surface area contributed by atoms with Gasteiger partial charge in [0.25, 0.3) is 10.0 Å². The Balaban J connectivity index is 2.14. The molecule has 0 bridgehead atoms. The fourth-order valence-electron chi connectivity index (χ4n) is 2.75. The molecule has 0 unspecified atom stereocenters. The van der Waals surface area contributed by atoms with Crippen molar-refractivity contribution in [2.45, 2.75) is 24.7 Å². The number of nitrogens with zero attached hydrogens (tertiary/aromatic N) is 3. The lowest BCUT2D eigenvalue weighted by molar-refractivity contribution is 0.582. The molecular weight excluding hydrogens is 310 g/mol. The topological polar surface area (TPSA) is 55.2 Å². The molecule has 21 heavy (non-hydrogen) atoms. The molecule has 2 aromatic rings. The maximum atomic E-state index is 13.0. The normalized spacial score (nSPS) is 15.1. The van der Waals surface area contributed by atoms with E-state index >= 15 is 0 Å². The Morgan fingerprint density at radius 3 is 2.81 bits per heavy atom. The fourth-order valence-corrected chi connectivity index (χ4v) is 4.75. The third-order valence-corrected chi connectivity index (χ3v) is 5.91. The quantitative estimate of drug-likeness (QED) is 0.852. The average molecular weight is 326 g/mol. The molecule has 0 spiro atoms. The minimum Gasteiger partial charge on any atom is -0.252 e. The van der Waals surface area contributed by atoms with E-state index in [1.54, 1.807) is 43.0 Å². The summed E-state index contributed by atoms with van der Waals surface area (Å²) in [6.45, 7) is 2.23. The maximum absolute atomic E-state index is 13.0. The third-order valence-electron chi connectivity index (χ3n) is 3.73. The first-order valence-electron chi connectivity index (χ1n) is 6.71. The van der Waals surface area contributed by atoms with Crippen LogP contribution in [0.2, 0.25) is 5.02 Å². The van der Waals surface area contributed by atoms with Crippen molar-refractivity contribution in [3.8, 4) is 0 Å². The van der Waals surface area contributed by atoms with Crippen molar-refractivity contribution in [2.75, 3.05) is 10.8 Å². The molecule has 7 heteroatoms. The summed E-state index contributed by atoms with van der Waals surface area (Å²) in [5, 5.41) is 4.72. The van der Waals surface area contributed by atoms with E-state index in [1.807, 2.05) is 0 Å². The molecule has 0 atom stereocenters. The van der Waals surface area contributed by atoms with E-state index < -0.39 is 10.0 Å². The van der Waals surface area contributed by atoms with Crippen molar-refractivity contribution >= 4 is 27.4 Å². The van der Waals surface area contributed by atoms with E-state index in [1.165, 1.54) is 4.31 Å². The van der Waals surface area contributed by atoms with Crippen LogP contribution in [0, 0.1) is 6.92 Å². The van der Waals surface area contributed by atoms with Gasteiger partial charge >= 0.3 is 0 Å². The number of anilines is 1. The second-order valence-electron chi connectivity index (χ2n) is 5.21. The van der Waals surface area contributed by atoms with Gasteiger partial charge in [-0.15, -0.1) is 0 Å². The molecule has 0 radical (unpaired) electrons. The average Bonchev–Trinajstić information content (AvgIpc) is 2.80. The molecule has 1 aliphatic rings. The van der Waals surface area contributed by atoms with Crippen LogP contribution in [-0.4, -0.2) is 24.7 Å². The van der Waals surface area contributed by atoms with Gasteiger partial charge < -0.3 is 0 Å². The summed E-state index contributed by atoms with van der Waals surface area (Å²) in [6, 6.07) is 4.84. The van der Waals surface area contributed by atoms with Gasteiger partial charge in [0.2, 0.25) is 0 Å². The van der Waals surface area contributed by atoms with Gasteiger partial charge in [-0.1, -0.05) is 11.6 Å². The van der Waals surface area contributed by atoms with Gasteiger partial charge in [0, 0.05) is 24.2 Å². The molecular formula is C14H16ClN3O2S. The number of sulfonamides is 1. The third kappa shape index (κ3) is 2.32. The second kappa shape index (κ2) is 5.03. The van der Waals surface area contributed by atoms with Crippen LogP contribution in [0.1, 0.15) is 17.5 Å². The van der Waals surface area contributed by atoms with E-state index in [0.717, 1.165) is 18.4 Å². The number of halogens is 1. The molecule has 112 valence electrons. The van der Waals surface area contributed by atoms with E-state index in [4.69, 9.17) is 11.6 Å². The van der Waals surface area contributed by atoms with Gasteiger partial charge in [-0.3, -0.25) is 4.68 Å². The molecule has 1 aliphatic heterocycles. The summed E-state index contributed by atoms with van der Waals surface area (Å²) in [5.74, 6) is 0.663. The van der Waals surface area contributed by atoms with Crippen LogP contribution in [-0.2, 0) is 23.5 Å². The van der Waals surface area contributed by atoms with E-state index in [9.17, 15) is 8.42 Å². The van der Waals surface area contributed by atoms with E-state index in [0.29, 0.717) is 27.8 Å². The molecule has 3 rings (SSSR count). The fraction of sp³-hybridized carbons (Fsp3) is 0.357. The van der Waals surface area contributed by atoms with Crippen molar-refractivity contribution in [3.63, 3.8) is 0 Å². The van der Waals surface area contributed by atoms with E-state index in [-0.39, 0.29) is 0 Å². The predicted octanol–water partition coefficient (Wildman–Crippen LogP) is 2.52. The van der Waals surface area contributed by atoms with Crippen molar-refractivity contribution in [1.29, 1.82) is 0 Å². The summed E-state index contributed by atoms with van der Waals surface area (Å²) in [7, 11) is -1.84. The highest BCUT2D eigenvalue weighted by Gasteiger charge is 2.32. The smallest absolute Gasteiger partial charge is 0.252 e. The molecule has 1 aromatic carbocycles. The van der Waals surface area contributed by atoms with Crippen molar-refractivity contribution in [2.24, 2.45) is 7.05 Å². The zero-order valence-corrected chi connectivity index (χ0v) is 13.4. The van der Waals surface area contributed by atoms with Crippen molar-refractivity contribution in [3.05, 3.63) is 40.5 Å². The number of hydrogen-bond donors (Lipinski definition) is 0. The molecule has 0 amide bonds. The molecule has 0 saturated heterocycles. The largest absolute Gasteiger partial charge is 0.265 e. The van der Waals surface area contributed by atoms with Crippen molar-refractivity contribution in [1.82, 2.24) is 9.78 Å². The minimum absolute atomic E-state index is 0.293. The zero-order chi connectivity index (χ0) is 15.2. The zero-order valence-electron chi connectivity index (χ0n) is 11.9. The molecule has 0 fully saturated rings. The standard InChI is InChI=1S/C14H16ClN3O2S/c1-10-8-12(15)5-6-13(10)21(19,20)18-7-3-4-11-9-16-17(2)14(11)18/h5-6,8-9H,3-4,7H2,1-2H3. The monoisotopic (exact) mass is 325 g/mol. The highest BCUT2D eigenvalue weighted by atomic mass is 35.5. The highest BCUT2D eigenvalue weighted by Crippen LogP contribution is 2.32. The summed E-state index contributed by atoms with van der Waals surface area (Å²) in [4.78, 5) is 0.293. The molecule has 5 nitrogen and oxygen atoms in total. The first kappa shape index (κ1) is 14.4. The lowest BCUT2D eigenvalue weighted by Gasteiger charge is -2.29. The summed E-state index contributed by atoms with van der Waals surface area (Å²) >= 11 is 5.92. The van der Waals surface area contributed by atoms with E-state index in [2.05, 4.69) is 5.10 Å². The van der Waals surface area contributed by atoms with Crippen molar-refractivity contribution < 1.29 is 8.42 Å². The highest BCUT2D eigenvalue weighted by molar-refractivity contribution is 7.92. The molecule has 0 saturated carbocycles. The second-order valence-corrected chi connectivity index (χ2v) is 7.47. The summed E-state index contributed by atoms with van der Waals surface area (Å²) in [6.07, 6.45) is 3.39. The van der Waals surface area contributed by atoms with Crippen LogP contribution in [0.5, 0.6) is 0 Å². The molecule has 0 aliphatic carbocycles. The Bertz CT molecular complexity index is 799. The summed E-state index contributed by atoms with van der Waals surface area (Å²) < 4.78 is 29.0. The van der Waals surface area contributed by atoms with Gasteiger partial charge in [-0.05, 0) is 43.5 Å². The number of rotatable bonds is 2. The molecule has 1 aromatic heterocycles. The Labute approximate surface area is 129 Å². The van der Waals surface area contributed by atoms with Crippen LogP contribution in [0.25, 0.3) is 0 Å². The van der Waals surface area contributed by atoms with Gasteiger partial charge in [0.1, 0.15) is 5.82 Å². The first-order chi connectivity index (χ1) is 9.91. The van der Waals surface area contributed by atoms with Crippen LogP contribution in [0.4, 0.5) is 5.82 Å². The summed E-state index contributed by atoms with van der Waals surface area (Å²) in [5.41, 5.74) is 1.62. The Morgan fingerprint density at radius 2 is 2.10 bits per heavy atom. The number of benzene rings is 1. The van der Waals surface area contributed by atoms with Gasteiger partial charge in [-0.25, -0.2) is 12.7 Å². The lowest BCUT2D eigenvalue weighted by Crippen LogP contribution is -2.37. The molecule has 0 N–H and O–H groups in total. The van der Waals surface area contributed by atoms with Crippen LogP contribution in [0.3, 0.4) is 0 Å². The Morgan fingerprint density at radius 1 is 1.33 bits per heavy atom. The number of aryl methyl sites for hydroxylation is 3. The van der Waals surface area contributed by atoms with Gasteiger partial charge in [-0.2, -0.15) is 5.10 Å². The Kier molecular flexibility index (Phi) is 3.45. The number of aromatic nitrogens is 2. The number of fused-ring (bicyclic) bond motifs is 1. The lowest BCUT2D eigenvalue weighted by atomic mass is 10.1. The van der Waals surface area contributed by atoms with Crippen LogP contribution in [0.15, 0.2) is 29.3 Å². The predicted molar refractivity (Wildman–Crippen MR) is 82.2 cm³/mol. The van der Waals surface area contributed by atoms with Crippen LogP contribution >= 0.6 is 11.6 Å². The van der Waals surface area contributed by atoms with Gasteiger partial charge in [0.05, 0.1) is 11.1 Å². The minimum atomic E-state index is -3.60.